The molecule has 0 N–H and O–H groups in total. The zero-order valence-electron chi connectivity index (χ0n) is 11.8. The molecular formula is C15H18O5. The van der Waals surface area contributed by atoms with Crippen LogP contribution in [0.2, 0.25) is 0 Å². The van der Waals surface area contributed by atoms with Crippen LogP contribution in [0.3, 0.4) is 0 Å². The summed E-state index contributed by atoms with van der Waals surface area (Å²) in [4.78, 5) is 23.7. The molecule has 108 valence electrons. The SMILES string of the molecule is C=CC(c1cccc(OC)c1)C(C(=O)OC)C(=O)OC. The lowest BCUT2D eigenvalue weighted by molar-refractivity contribution is -0.159. The fraction of sp³-hybridized carbons (Fsp3) is 0.333. The maximum absolute atomic E-state index is 11.8. The van der Waals surface area contributed by atoms with Gasteiger partial charge in [0.1, 0.15) is 5.75 Å². The maximum atomic E-state index is 11.8. The van der Waals surface area contributed by atoms with Crippen LogP contribution in [0, 0.1) is 5.92 Å². The van der Waals surface area contributed by atoms with Crippen LogP contribution in [0.1, 0.15) is 11.5 Å². The van der Waals surface area contributed by atoms with Crippen LogP contribution >= 0.6 is 0 Å². The van der Waals surface area contributed by atoms with Crippen LogP contribution in [-0.4, -0.2) is 33.3 Å². The van der Waals surface area contributed by atoms with E-state index < -0.39 is 23.8 Å². The Balaban J connectivity index is 3.21. The van der Waals surface area contributed by atoms with Gasteiger partial charge in [-0.15, -0.1) is 6.58 Å². The van der Waals surface area contributed by atoms with E-state index in [1.165, 1.54) is 20.3 Å². The van der Waals surface area contributed by atoms with E-state index in [9.17, 15) is 9.59 Å². The summed E-state index contributed by atoms with van der Waals surface area (Å²) in [7, 11) is 3.99. The lowest BCUT2D eigenvalue weighted by Gasteiger charge is -2.21. The van der Waals surface area contributed by atoms with Crippen LogP contribution < -0.4 is 4.74 Å². The van der Waals surface area contributed by atoms with Gasteiger partial charge < -0.3 is 14.2 Å². The first-order valence-corrected chi connectivity index (χ1v) is 6.01. The number of hydrogen-bond donors (Lipinski definition) is 0. The van der Waals surface area contributed by atoms with Crippen molar-refractivity contribution in [2.24, 2.45) is 5.92 Å². The molecule has 0 saturated carbocycles. The Morgan fingerprint density at radius 3 is 2.20 bits per heavy atom. The molecule has 0 bridgehead atoms. The predicted octanol–water partition coefficient (Wildman–Crippen LogP) is 1.93. The smallest absolute Gasteiger partial charge is 0.321 e. The molecule has 0 saturated heterocycles. The molecule has 0 aliphatic carbocycles. The molecule has 0 aromatic heterocycles. The minimum absolute atomic E-state index is 0.551. The fourth-order valence-corrected chi connectivity index (χ4v) is 1.96. The third kappa shape index (κ3) is 3.38. The van der Waals surface area contributed by atoms with Gasteiger partial charge >= 0.3 is 11.9 Å². The lowest BCUT2D eigenvalue weighted by Crippen LogP contribution is -2.31. The zero-order chi connectivity index (χ0) is 15.1. The zero-order valence-corrected chi connectivity index (χ0v) is 11.8. The number of rotatable bonds is 6. The summed E-state index contributed by atoms with van der Waals surface area (Å²) in [5.41, 5.74) is 0.722. The first-order valence-electron chi connectivity index (χ1n) is 6.01. The molecule has 0 aliphatic heterocycles. The maximum Gasteiger partial charge on any atom is 0.321 e. The van der Waals surface area contributed by atoms with Crippen LogP contribution in [-0.2, 0) is 19.1 Å². The highest BCUT2D eigenvalue weighted by Gasteiger charge is 2.36. The van der Waals surface area contributed by atoms with Gasteiger partial charge in [0.15, 0.2) is 5.92 Å². The molecule has 1 aromatic carbocycles. The van der Waals surface area contributed by atoms with Crippen molar-refractivity contribution in [1.29, 1.82) is 0 Å². The number of carbonyl (C=O) groups excluding carboxylic acids is 2. The quantitative estimate of drug-likeness (QED) is 0.452. The molecule has 20 heavy (non-hydrogen) atoms. The second kappa shape index (κ2) is 7.33. The lowest BCUT2D eigenvalue weighted by atomic mass is 9.86. The Bertz CT molecular complexity index is 479. The summed E-state index contributed by atoms with van der Waals surface area (Å²) in [5, 5.41) is 0. The molecule has 5 nitrogen and oxygen atoms in total. The van der Waals surface area contributed by atoms with Crippen LogP contribution in [0.4, 0.5) is 0 Å². The minimum Gasteiger partial charge on any atom is -0.497 e. The number of allylic oxidation sites excluding steroid dienone is 1. The minimum atomic E-state index is -1.09. The Morgan fingerprint density at radius 1 is 1.15 bits per heavy atom. The molecule has 0 aliphatic rings. The number of esters is 2. The molecule has 1 unspecified atom stereocenters. The standard InChI is InChI=1S/C15H18O5/c1-5-12(10-7-6-8-11(9-10)18-2)13(14(16)19-3)15(17)20-4/h5-9,12-13H,1H2,2-4H3. The summed E-state index contributed by atoms with van der Waals surface area (Å²) in [5.74, 6) is -2.34. The average molecular weight is 278 g/mol. The summed E-state index contributed by atoms with van der Waals surface area (Å²) in [6.07, 6.45) is 1.52. The summed E-state index contributed by atoms with van der Waals surface area (Å²) < 4.78 is 14.5. The van der Waals surface area contributed by atoms with E-state index in [0.717, 1.165) is 5.56 Å². The summed E-state index contributed by atoms with van der Waals surface area (Å²) in [6, 6.07) is 7.07. The van der Waals surface area contributed by atoms with Crippen molar-refractivity contribution in [2.45, 2.75) is 5.92 Å². The third-order valence-corrected chi connectivity index (χ3v) is 3.00. The Labute approximate surface area is 118 Å². The van der Waals surface area contributed by atoms with Crippen molar-refractivity contribution in [1.82, 2.24) is 0 Å². The Kier molecular flexibility index (Phi) is 5.77. The van der Waals surface area contributed by atoms with Crippen molar-refractivity contribution in [2.75, 3.05) is 21.3 Å². The second-order valence-corrected chi connectivity index (χ2v) is 4.06. The number of methoxy groups -OCH3 is 3. The first kappa shape index (κ1) is 15.8. The van der Waals surface area contributed by atoms with E-state index in [0.29, 0.717) is 5.75 Å². The molecule has 0 radical (unpaired) electrons. The van der Waals surface area contributed by atoms with Gasteiger partial charge in [-0.05, 0) is 17.7 Å². The average Bonchev–Trinajstić information content (AvgIpc) is 2.51. The molecule has 1 aromatic rings. The van der Waals surface area contributed by atoms with Gasteiger partial charge in [-0.3, -0.25) is 9.59 Å². The highest BCUT2D eigenvalue weighted by atomic mass is 16.5. The summed E-state index contributed by atoms with van der Waals surface area (Å²) in [6.45, 7) is 3.69. The molecule has 1 atom stereocenters. The normalized spacial score (nSPS) is 11.6. The van der Waals surface area contributed by atoms with Crippen LogP contribution in [0.5, 0.6) is 5.75 Å². The molecule has 0 amide bonds. The second-order valence-electron chi connectivity index (χ2n) is 4.06. The van der Waals surface area contributed by atoms with Gasteiger partial charge in [0.2, 0.25) is 0 Å². The number of ether oxygens (including phenoxy) is 3. The number of benzene rings is 1. The molecular weight excluding hydrogens is 260 g/mol. The molecule has 0 fully saturated rings. The fourth-order valence-electron chi connectivity index (χ4n) is 1.96. The van der Waals surface area contributed by atoms with Crippen molar-refractivity contribution in [3.8, 4) is 5.75 Å². The van der Waals surface area contributed by atoms with E-state index in [1.54, 1.807) is 31.4 Å². The van der Waals surface area contributed by atoms with E-state index in [-0.39, 0.29) is 0 Å². The number of hydrogen-bond acceptors (Lipinski definition) is 5. The first-order chi connectivity index (χ1) is 9.58. The third-order valence-electron chi connectivity index (χ3n) is 3.00. The van der Waals surface area contributed by atoms with Crippen LogP contribution in [0.25, 0.3) is 0 Å². The van der Waals surface area contributed by atoms with Gasteiger partial charge in [-0.2, -0.15) is 0 Å². The highest BCUT2D eigenvalue weighted by molar-refractivity contribution is 5.96. The summed E-state index contributed by atoms with van der Waals surface area (Å²) >= 11 is 0. The largest absolute Gasteiger partial charge is 0.497 e. The van der Waals surface area contributed by atoms with Crippen LogP contribution in [0.15, 0.2) is 36.9 Å². The molecule has 5 heteroatoms. The van der Waals surface area contributed by atoms with Crippen molar-refractivity contribution >= 4 is 11.9 Å². The van der Waals surface area contributed by atoms with E-state index in [4.69, 9.17) is 4.74 Å². The van der Waals surface area contributed by atoms with Gasteiger partial charge in [-0.25, -0.2) is 0 Å². The van der Waals surface area contributed by atoms with Gasteiger partial charge in [0.25, 0.3) is 0 Å². The Hall–Kier alpha value is -2.30. The van der Waals surface area contributed by atoms with Gasteiger partial charge in [-0.1, -0.05) is 18.2 Å². The van der Waals surface area contributed by atoms with E-state index in [1.807, 2.05) is 0 Å². The molecule has 0 spiro atoms. The number of carbonyl (C=O) groups is 2. The van der Waals surface area contributed by atoms with E-state index >= 15 is 0 Å². The molecule has 0 heterocycles. The van der Waals surface area contributed by atoms with Gasteiger partial charge in [0.05, 0.1) is 21.3 Å². The van der Waals surface area contributed by atoms with E-state index in [2.05, 4.69) is 16.1 Å². The van der Waals surface area contributed by atoms with Crippen molar-refractivity contribution < 1.29 is 23.8 Å². The highest BCUT2D eigenvalue weighted by Crippen LogP contribution is 2.30. The molecule has 1 rings (SSSR count). The van der Waals surface area contributed by atoms with Crippen molar-refractivity contribution in [3.05, 3.63) is 42.5 Å². The van der Waals surface area contributed by atoms with Crippen molar-refractivity contribution in [3.63, 3.8) is 0 Å². The topological polar surface area (TPSA) is 61.8 Å². The van der Waals surface area contributed by atoms with Gasteiger partial charge in [0, 0.05) is 5.92 Å². The Morgan fingerprint density at radius 2 is 1.75 bits per heavy atom. The predicted molar refractivity (Wildman–Crippen MR) is 73.5 cm³/mol. The monoisotopic (exact) mass is 278 g/mol.